The summed E-state index contributed by atoms with van der Waals surface area (Å²) in [6, 6.07) is 16.7. The highest BCUT2D eigenvalue weighted by atomic mass is 32.2. The topological polar surface area (TPSA) is 40.7 Å². The van der Waals surface area contributed by atoms with E-state index in [2.05, 4.69) is 46.1 Å². The van der Waals surface area contributed by atoms with Crippen LogP contribution in [0.3, 0.4) is 0 Å². The van der Waals surface area contributed by atoms with E-state index in [0.29, 0.717) is 0 Å². The van der Waals surface area contributed by atoms with Gasteiger partial charge in [0.25, 0.3) is 0 Å². The maximum atomic E-state index is 4.83. The SMILES string of the molecule is C1=S(c2cccc3[nH]c(-c4ccccc4)nc23)CCN1. The van der Waals surface area contributed by atoms with Crippen molar-refractivity contribution in [2.24, 2.45) is 0 Å². The molecule has 2 heterocycles. The highest BCUT2D eigenvalue weighted by Gasteiger charge is 2.12. The minimum Gasteiger partial charge on any atom is -0.338 e. The van der Waals surface area contributed by atoms with Gasteiger partial charge >= 0.3 is 0 Å². The zero-order valence-corrected chi connectivity index (χ0v) is 11.8. The van der Waals surface area contributed by atoms with Crippen LogP contribution in [0.1, 0.15) is 0 Å². The number of hydrogen-bond donors (Lipinski definition) is 2. The molecular weight excluding hydrogens is 266 g/mol. The largest absolute Gasteiger partial charge is 0.338 e. The number of aromatic amines is 1. The first-order valence-corrected chi connectivity index (χ1v) is 8.18. The van der Waals surface area contributed by atoms with E-state index in [1.54, 1.807) is 0 Å². The zero-order valence-electron chi connectivity index (χ0n) is 11.0. The molecule has 1 aliphatic heterocycles. The van der Waals surface area contributed by atoms with Crippen LogP contribution in [-0.4, -0.2) is 27.8 Å². The quantitative estimate of drug-likeness (QED) is 0.708. The number of hydrogen-bond acceptors (Lipinski definition) is 2. The van der Waals surface area contributed by atoms with Crippen molar-refractivity contribution in [1.29, 1.82) is 0 Å². The Balaban J connectivity index is 1.89. The Labute approximate surface area is 120 Å². The smallest absolute Gasteiger partial charge is 0.138 e. The molecule has 1 aliphatic rings. The van der Waals surface area contributed by atoms with Gasteiger partial charge in [0.15, 0.2) is 0 Å². The third-order valence-electron chi connectivity index (χ3n) is 3.50. The fourth-order valence-electron chi connectivity index (χ4n) is 2.51. The lowest BCUT2D eigenvalue weighted by Gasteiger charge is -2.03. The standard InChI is InChI=1S/C16H15N3S/c1-2-5-12(6-3-1)16-18-13-7-4-8-14(15(13)19-16)20-10-9-17-11-20/h1-8,11,17H,9-10H2,(H,18,19). The van der Waals surface area contributed by atoms with Crippen molar-refractivity contribution in [1.82, 2.24) is 15.3 Å². The van der Waals surface area contributed by atoms with Gasteiger partial charge in [-0.05, 0) is 12.1 Å². The van der Waals surface area contributed by atoms with E-state index in [-0.39, 0.29) is 10.5 Å². The molecule has 0 fully saturated rings. The van der Waals surface area contributed by atoms with Crippen molar-refractivity contribution in [3.8, 4) is 11.4 Å². The molecule has 3 aromatic rings. The van der Waals surface area contributed by atoms with Crippen LogP contribution >= 0.6 is 10.5 Å². The number of H-pyrrole nitrogens is 1. The Morgan fingerprint density at radius 1 is 1.00 bits per heavy atom. The second kappa shape index (κ2) is 4.89. The highest BCUT2D eigenvalue weighted by molar-refractivity contribution is 8.15. The van der Waals surface area contributed by atoms with E-state index in [4.69, 9.17) is 4.98 Å². The van der Waals surface area contributed by atoms with Crippen LogP contribution < -0.4 is 5.32 Å². The van der Waals surface area contributed by atoms with Crippen LogP contribution in [0.15, 0.2) is 53.4 Å². The Morgan fingerprint density at radius 2 is 1.90 bits per heavy atom. The fraction of sp³-hybridized carbons (Fsp3) is 0.125. The van der Waals surface area contributed by atoms with Crippen molar-refractivity contribution in [2.75, 3.05) is 12.3 Å². The van der Waals surface area contributed by atoms with Gasteiger partial charge in [0.05, 0.1) is 5.52 Å². The van der Waals surface area contributed by atoms with Gasteiger partial charge in [-0.25, -0.2) is 4.98 Å². The molecular formula is C16H15N3S. The van der Waals surface area contributed by atoms with E-state index in [0.717, 1.165) is 29.0 Å². The fourth-order valence-corrected chi connectivity index (χ4v) is 4.29. The minimum atomic E-state index is 0.173. The molecule has 2 aromatic carbocycles. The van der Waals surface area contributed by atoms with Crippen LogP contribution in [0.25, 0.3) is 22.4 Å². The van der Waals surface area contributed by atoms with Crippen molar-refractivity contribution in [3.63, 3.8) is 0 Å². The maximum Gasteiger partial charge on any atom is 0.138 e. The molecule has 1 aromatic heterocycles. The first-order valence-electron chi connectivity index (χ1n) is 6.72. The second-order valence-electron chi connectivity index (χ2n) is 4.81. The molecule has 4 rings (SSSR count). The molecule has 4 heteroatoms. The van der Waals surface area contributed by atoms with Crippen molar-refractivity contribution < 1.29 is 0 Å². The molecule has 0 saturated carbocycles. The van der Waals surface area contributed by atoms with E-state index in [9.17, 15) is 0 Å². The molecule has 0 aliphatic carbocycles. The van der Waals surface area contributed by atoms with E-state index in [1.807, 2.05) is 18.2 Å². The maximum absolute atomic E-state index is 4.83. The summed E-state index contributed by atoms with van der Waals surface area (Å²) >= 11 is 0. The average Bonchev–Trinajstić information content (AvgIpc) is 3.17. The molecule has 2 N–H and O–H groups in total. The first kappa shape index (κ1) is 11.9. The van der Waals surface area contributed by atoms with Crippen LogP contribution in [0.5, 0.6) is 0 Å². The predicted molar refractivity (Wildman–Crippen MR) is 86.3 cm³/mol. The number of nitrogens with one attached hydrogen (secondary N) is 2. The summed E-state index contributed by atoms with van der Waals surface area (Å²) in [5.74, 6) is 2.12. The molecule has 0 bridgehead atoms. The van der Waals surface area contributed by atoms with Crippen LogP contribution in [0.4, 0.5) is 0 Å². The van der Waals surface area contributed by atoms with E-state index >= 15 is 0 Å². The van der Waals surface area contributed by atoms with Gasteiger partial charge in [-0.3, -0.25) is 5.32 Å². The number of rotatable bonds is 2. The lowest BCUT2D eigenvalue weighted by Crippen LogP contribution is -2.04. The molecule has 1 atom stereocenters. The van der Waals surface area contributed by atoms with Gasteiger partial charge in [0.1, 0.15) is 11.3 Å². The van der Waals surface area contributed by atoms with Crippen molar-refractivity contribution >= 4 is 27.0 Å². The molecule has 3 nitrogen and oxygen atoms in total. The van der Waals surface area contributed by atoms with Crippen LogP contribution in [0.2, 0.25) is 0 Å². The van der Waals surface area contributed by atoms with Gasteiger partial charge in [-0.1, -0.05) is 36.4 Å². The Kier molecular flexibility index (Phi) is 2.90. The van der Waals surface area contributed by atoms with Gasteiger partial charge in [-0.2, -0.15) is 0 Å². The Hall–Kier alpha value is -1.91. The van der Waals surface area contributed by atoms with Crippen LogP contribution in [0, 0.1) is 0 Å². The molecule has 1 unspecified atom stereocenters. The van der Waals surface area contributed by atoms with Crippen molar-refractivity contribution in [2.45, 2.75) is 4.90 Å². The summed E-state index contributed by atoms with van der Waals surface area (Å²) in [7, 11) is 0.173. The minimum absolute atomic E-state index is 0.173. The predicted octanol–water partition coefficient (Wildman–Crippen LogP) is 3.22. The number of aromatic nitrogens is 2. The number of imidazole rings is 1. The van der Waals surface area contributed by atoms with E-state index < -0.39 is 0 Å². The number of nitrogens with zero attached hydrogens (tertiary/aromatic N) is 1. The van der Waals surface area contributed by atoms with Gasteiger partial charge in [0, 0.05) is 28.2 Å². The average molecular weight is 281 g/mol. The van der Waals surface area contributed by atoms with Crippen molar-refractivity contribution in [3.05, 3.63) is 48.5 Å². The molecule has 0 saturated heterocycles. The summed E-state index contributed by atoms with van der Waals surface area (Å²) < 4.78 is 0. The number of para-hydroxylation sites is 1. The second-order valence-corrected chi connectivity index (χ2v) is 6.75. The summed E-state index contributed by atoms with van der Waals surface area (Å²) in [6.07, 6.45) is 0. The number of fused-ring (bicyclic) bond motifs is 1. The highest BCUT2D eigenvalue weighted by Crippen LogP contribution is 2.34. The molecule has 0 radical (unpaired) electrons. The molecule has 100 valence electrons. The zero-order chi connectivity index (χ0) is 13.4. The third-order valence-corrected chi connectivity index (χ3v) is 5.49. The molecule has 20 heavy (non-hydrogen) atoms. The van der Waals surface area contributed by atoms with Crippen LogP contribution in [-0.2, 0) is 0 Å². The third kappa shape index (κ3) is 1.97. The Bertz CT molecular complexity index is 790. The van der Waals surface area contributed by atoms with Gasteiger partial charge in [-0.15, -0.1) is 10.5 Å². The first-order chi connectivity index (χ1) is 9.92. The van der Waals surface area contributed by atoms with Gasteiger partial charge < -0.3 is 4.98 Å². The normalized spacial score (nSPS) is 18.3. The molecule has 0 amide bonds. The lowest BCUT2D eigenvalue weighted by atomic mass is 10.2. The Morgan fingerprint density at radius 3 is 2.70 bits per heavy atom. The summed E-state index contributed by atoms with van der Waals surface area (Å²) in [4.78, 5) is 9.60. The lowest BCUT2D eigenvalue weighted by molar-refractivity contribution is 1.03. The summed E-state index contributed by atoms with van der Waals surface area (Å²) in [6.45, 7) is 1.06. The number of benzene rings is 2. The van der Waals surface area contributed by atoms with Gasteiger partial charge in [0.2, 0.25) is 0 Å². The summed E-state index contributed by atoms with van der Waals surface area (Å²) in [5.41, 5.74) is 5.57. The molecule has 0 spiro atoms. The summed E-state index contributed by atoms with van der Waals surface area (Å²) in [5, 5.41) is 3.32. The monoisotopic (exact) mass is 281 g/mol. The van der Waals surface area contributed by atoms with E-state index in [1.165, 1.54) is 10.6 Å².